The van der Waals surface area contributed by atoms with Gasteiger partial charge in [-0.05, 0) is 64.7 Å². The summed E-state index contributed by atoms with van der Waals surface area (Å²) < 4.78 is 0. The summed E-state index contributed by atoms with van der Waals surface area (Å²) in [5.74, 6) is -0.221. The maximum atomic E-state index is 12.9. The summed E-state index contributed by atoms with van der Waals surface area (Å²) in [7, 11) is 0. The van der Waals surface area contributed by atoms with Gasteiger partial charge in [0.15, 0.2) is 0 Å². The number of hydrogen-bond acceptors (Lipinski definition) is 4. The van der Waals surface area contributed by atoms with Gasteiger partial charge in [-0.1, -0.05) is 54.6 Å². The van der Waals surface area contributed by atoms with E-state index in [2.05, 4.69) is 17.0 Å². The standard InChI is InChI=1S/C25H22N2O2S/c28-24-23(16-18-10-12-21(13-11-18)26-14-3-4-15-26)30-25(29)27(24)17-20-8-5-7-19-6-1-2-9-22(19)20/h1-2,5-13,16H,3-4,14-15,17H2/b23-16-. The van der Waals surface area contributed by atoms with Gasteiger partial charge in [0.05, 0.1) is 11.4 Å². The molecule has 0 atom stereocenters. The van der Waals surface area contributed by atoms with Crippen LogP contribution in [-0.4, -0.2) is 29.1 Å². The number of carbonyl (C=O) groups is 2. The Balaban J connectivity index is 1.36. The SMILES string of the molecule is O=C1S/C(=C\c2ccc(N3CCCC3)cc2)C(=O)N1Cc1cccc2ccccc12. The average Bonchev–Trinajstić information content (AvgIpc) is 3.40. The number of benzene rings is 3. The smallest absolute Gasteiger partial charge is 0.293 e. The van der Waals surface area contributed by atoms with Gasteiger partial charge in [-0.3, -0.25) is 14.5 Å². The van der Waals surface area contributed by atoms with Gasteiger partial charge in [-0.2, -0.15) is 0 Å². The van der Waals surface area contributed by atoms with E-state index in [1.807, 2.05) is 60.7 Å². The lowest BCUT2D eigenvalue weighted by molar-refractivity contribution is -0.123. The molecule has 0 aliphatic carbocycles. The van der Waals surface area contributed by atoms with Crippen molar-refractivity contribution >= 4 is 45.4 Å². The summed E-state index contributed by atoms with van der Waals surface area (Å²) in [5.41, 5.74) is 3.13. The molecule has 2 amide bonds. The van der Waals surface area contributed by atoms with Crippen LogP contribution in [0.4, 0.5) is 10.5 Å². The van der Waals surface area contributed by atoms with E-state index in [0.717, 1.165) is 46.8 Å². The number of nitrogens with zero attached hydrogens (tertiary/aromatic N) is 2. The first-order chi connectivity index (χ1) is 14.7. The molecule has 30 heavy (non-hydrogen) atoms. The molecule has 0 bridgehead atoms. The highest BCUT2D eigenvalue weighted by molar-refractivity contribution is 8.18. The van der Waals surface area contributed by atoms with Crippen LogP contribution in [0.3, 0.4) is 0 Å². The molecule has 2 heterocycles. The monoisotopic (exact) mass is 414 g/mol. The number of imide groups is 1. The summed E-state index contributed by atoms with van der Waals surface area (Å²) in [4.78, 5) is 29.7. The summed E-state index contributed by atoms with van der Waals surface area (Å²) in [5, 5.41) is 1.96. The van der Waals surface area contributed by atoms with Crippen LogP contribution in [0.2, 0.25) is 0 Å². The highest BCUT2D eigenvalue weighted by Gasteiger charge is 2.35. The van der Waals surface area contributed by atoms with Crippen LogP contribution in [0.5, 0.6) is 0 Å². The Hall–Kier alpha value is -3.05. The number of hydrogen-bond donors (Lipinski definition) is 0. The molecular formula is C25H22N2O2S. The summed E-state index contributed by atoms with van der Waals surface area (Å²) >= 11 is 1.02. The van der Waals surface area contributed by atoms with E-state index in [1.54, 1.807) is 0 Å². The number of rotatable bonds is 4. The van der Waals surface area contributed by atoms with Crippen molar-refractivity contribution < 1.29 is 9.59 Å². The number of thioether (sulfide) groups is 1. The Kier molecular flexibility index (Phi) is 5.05. The molecule has 0 spiro atoms. The second kappa shape index (κ2) is 8.00. The zero-order valence-electron chi connectivity index (χ0n) is 16.6. The van der Waals surface area contributed by atoms with Gasteiger partial charge in [0.2, 0.25) is 0 Å². The topological polar surface area (TPSA) is 40.6 Å². The maximum Gasteiger partial charge on any atom is 0.293 e. The van der Waals surface area contributed by atoms with Gasteiger partial charge in [0.25, 0.3) is 11.1 Å². The quantitative estimate of drug-likeness (QED) is 0.515. The number of anilines is 1. The second-order valence-corrected chi connectivity index (χ2v) is 8.69. The molecule has 0 saturated carbocycles. The third-order valence-corrected chi connectivity index (χ3v) is 6.65. The lowest BCUT2D eigenvalue weighted by Gasteiger charge is -2.17. The average molecular weight is 415 g/mol. The fraction of sp³-hybridized carbons (Fsp3) is 0.200. The predicted molar refractivity (Wildman–Crippen MR) is 123 cm³/mol. The lowest BCUT2D eigenvalue weighted by atomic mass is 10.0. The van der Waals surface area contributed by atoms with E-state index < -0.39 is 0 Å². The van der Waals surface area contributed by atoms with Crippen LogP contribution in [-0.2, 0) is 11.3 Å². The second-order valence-electron chi connectivity index (χ2n) is 7.69. The van der Waals surface area contributed by atoms with Crippen LogP contribution >= 0.6 is 11.8 Å². The van der Waals surface area contributed by atoms with Gasteiger partial charge >= 0.3 is 0 Å². The van der Waals surface area contributed by atoms with E-state index >= 15 is 0 Å². The Bertz CT molecular complexity index is 1140. The van der Waals surface area contributed by atoms with E-state index in [4.69, 9.17) is 0 Å². The normalized spacial score (nSPS) is 18.2. The lowest BCUT2D eigenvalue weighted by Crippen LogP contribution is -2.27. The molecule has 2 aliphatic rings. The molecule has 3 aromatic carbocycles. The fourth-order valence-electron chi connectivity index (χ4n) is 4.15. The van der Waals surface area contributed by atoms with Crippen molar-refractivity contribution in [2.24, 2.45) is 0 Å². The van der Waals surface area contributed by atoms with E-state index in [9.17, 15) is 9.59 Å². The molecule has 4 nitrogen and oxygen atoms in total. The van der Waals surface area contributed by atoms with Crippen molar-refractivity contribution in [3.63, 3.8) is 0 Å². The Labute approximate surface area is 180 Å². The fourth-order valence-corrected chi connectivity index (χ4v) is 4.98. The van der Waals surface area contributed by atoms with E-state index in [0.29, 0.717) is 4.91 Å². The summed E-state index contributed by atoms with van der Waals surface area (Å²) in [6.07, 6.45) is 4.30. The van der Waals surface area contributed by atoms with E-state index in [1.165, 1.54) is 23.4 Å². The first-order valence-corrected chi connectivity index (χ1v) is 11.1. The van der Waals surface area contributed by atoms with Crippen LogP contribution in [0, 0.1) is 0 Å². The molecule has 5 rings (SSSR count). The largest absolute Gasteiger partial charge is 0.372 e. The minimum atomic E-state index is -0.221. The van der Waals surface area contributed by atoms with Gasteiger partial charge in [0, 0.05) is 18.8 Å². The highest BCUT2D eigenvalue weighted by atomic mass is 32.2. The zero-order valence-corrected chi connectivity index (χ0v) is 17.4. The molecule has 2 aliphatic heterocycles. The van der Waals surface area contributed by atoms with Gasteiger partial charge in [-0.15, -0.1) is 0 Å². The van der Waals surface area contributed by atoms with Crippen molar-refractivity contribution in [1.82, 2.24) is 4.90 Å². The molecular weight excluding hydrogens is 392 g/mol. The molecule has 2 fully saturated rings. The number of carbonyl (C=O) groups excluding carboxylic acids is 2. The van der Waals surface area contributed by atoms with Gasteiger partial charge in [-0.25, -0.2) is 0 Å². The first-order valence-electron chi connectivity index (χ1n) is 10.3. The Morgan fingerprint density at radius 2 is 1.60 bits per heavy atom. The van der Waals surface area contributed by atoms with Crippen LogP contribution in [0.1, 0.15) is 24.0 Å². The number of amides is 2. The minimum absolute atomic E-state index is 0.215. The molecule has 0 radical (unpaired) electrons. The van der Waals surface area contributed by atoms with Crippen LogP contribution in [0.15, 0.2) is 71.6 Å². The van der Waals surface area contributed by atoms with Crippen molar-refractivity contribution in [2.75, 3.05) is 18.0 Å². The van der Waals surface area contributed by atoms with E-state index in [-0.39, 0.29) is 17.7 Å². The maximum absolute atomic E-state index is 12.9. The third-order valence-electron chi connectivity index (χ3n) is 5.74. The Morgan fingerprint density at radius 1 is 0.867 bits per heavy atom. The summed E-state index contributed by atoms with van der Waals surface area (Å²) in [6.45, 7) is 2.50. The molecule has 2 saturated heterocycles. The molecule has 150 valence electrons. The van der Waals surface area contributed by atoms with Gasteiger partial charge in [0.1, 0.15) is 0 Å². The first kappa shape index (κ1) is 18.9. The minimum Gasteiger partial charge on any atom is -0.372 e. The predicted octanol–water partition coefficient (Wildman–Crippen LogP) is 5.68. The molecule has 0 N–H and O–H groups in total. The molecule has 0 aromatic heterocycles. The summed E-state index contributed by atoms with van der Waals surface area (Å²) in [6, 6.07) is 22.3. The van der Waals surface area contributed by atoms with Gasteiger partial charge < -0.3 is 4.90 Å². The Morgan fingerprint density at radius 3 is 2.40 bits per heavy atom. The van der Waals surface area contributed by atoms with Crippen molar-refractivity contribution in [1.29, 1.82) is 0 Å². The van der Waals surface area contributed by atoms with Crippen molar-refractivity contribution in [3.8, 4) is 0 Å². The molecule has 5 heteroatoms. The van der Waals surface area contributed by atoms with Crippen molar-refractivity contribution in [2.45, 2.75) is 19.4 Å². The molecule has 0 unspecified atom stereocenters. The number of fused-ring (bicyclic) bond motifs is 1. The zero-order chi connectivity index (χ0) is 20.5. The van der Waals surface area contributed by atoms with Crippen LogP contribution in [0.25, 0.3) is 16.8 Å². The molecule has 3 aromatic rings. The van der Waals surface area contributed by atoms with Crippen LogP contribution < -0.4 is 4.90 Å². The highest BCUT2D eigenvalue weighted by Crippen LogP contribution is 2.34. The van der Waals surface area contributed by atoms with Crippen molar-refractivity contribution in [3.05, 3.63) is 82.8 Å². The third kappa shape index (κ3) is 3.61.